The molecule has 1 atom stereocenters. The SMILES string of the molecule is CC1CCN(c2nc(C(C)(C)C)c(C=CC(=O)O)cc2C(=O)NS(=O)(=O)c2cccc(N)n2)C1(C)C. The summed E-state index contributed by atoms with van der Waals surface area (Å²) in [6.45, 7) is 12.6. The van der Waals surface area contributed by atoms with E-state index in [0.717, 1.165) is 12.5 Å². The number of hydrogen-bond acceptors (Lipinski definition) is 8. The van der Waals surface area contributed by atoms with Crippen LogP contribution in [-0.2, 0) is 20.2 Å². The highest BCUT2D eigenvalue weighted by Crippen LogP contribution is 2.40. The Kier molecular flexibility index (Phi) is 7.18. The first-order valence-electron chi connectivity index (χ1n) is 11.6. The van der Waals surface area contributed by atoms with Gasteiger partial charge in [-0.05, 0) is 56.0 Å². The second-order valence-electron chi connectivity index (χ2n) is 10.5. The van der Waals surface area contributed by atoms with E-state index < -0.39 is 32.3 Å². The van der Waals surface area contributed by atoms with E-state index in [1.54, 1.807) is 0 Å². The number of nitrogen functional groups attached to an aromatic ring is 1. The van der Waals surface area contributed by atoms with Crippen LogP contribution >= 0.6 is 0 Å². The Hall–Kier alpha value is -3.47. The van der Waals surface area contributed by atoms with Crippen LogP contribution in [0, 0.1) is 5.92 Å². The number of anilines is 2. The minimum absolute atomic E-state index is 0.00360. The minimum atomic E-state index is -4.34. The van der Waals surface area contributed by atoms with Gasteiger partial charge in [0, 0.05) is 23.6 Å². The fraction of sp³-hybridized carbons (Fsp3) is 0.440. The Morgan fingerprint density at radius 3 is 2.44 bits per heavy atom. The van der Waals surface area contributed by atoms with Crippen molar-refractivity contribution in [3.05, 3.63) is 47.2 Å². The number of sulfonamides is 1. The molecule has 1 aliphatic rings. The maximum atomic E-state index is 13.5. The largest absolute Gasteiger partial charge is 0.478 e. The average molecular weight is 516 g/mol. The molecular formula is C25H33N5O5S. The van der Waals surface area contributed by atoms with Gasteiger partial charge in [-0.15, -0.1) is 0 Å². The highest BCUT2D eigenvalue weighted by molar-refractivity contribution is 7.90. The van der Waals surface area contributed by atoms with Gasteiger partial charge in [-0.2, -0.15) is 8.42 Å². The predicted molar refractivity (Wildman–Crippen MR) is 138 cm³/mol. The van der Waals surface area contributed by atoms with Crippen molar-refractivity contribution >= 4 is 39.6 Å². The van der Waals surface area contributed by atoms with E-state index in [1.807, 2.05) is 25.7 Å². The number of aromatic nitrogens is 2. The molecule has 0 aliphatic carbocycles. The molecule has 1 unspecified atom stereocenters. The number of rotatable bonds is 6. The summed E-state index contributed by atoms with van der Waals surface area (Å²) in [5, 5.41) is 8.79. The summed E-state index contributed by atoms with van der Waals surface area (Å²) in [6, 6.07) is 5.60. The molecule has 11 heteroatoms. The standard InChI is InChI=1S/C25H33N5O5S/c1-15-12-13-30(25(15,5)6)22-17(14-16(10-11-20(31)32)21(28-22)24(2,3)4)23(33)29-36(34,35)19-9-7-8-18(26)27-19/h7-11,14-15H,12-13H2,1-6H3,(H2,26,27)(H,29,33)(H,31,32). The van der Waals surface area contributed by atoms with Crippen molar-refractivity contribution in [1.29, 1.82) is 0 Å². The summed E-state index contributed by atoms with van der Waals surface area (Å²) >= 11 is 0. The van der Waals surface area contributed by atoms with Gasteiger partial charge in [0.1, 0.15) is 11.6 Å². The van der Waals surface area contributed by atoms with E-state index in [4.69, 9.17) is 10.7 Å². The van der Waals surface area contributed by atoms with Crippen molar-refractivity contribution in [1.82, 2.24) is 14.7 Å². The van der Waals surface area contributed by atoms with E-state index in [2.05, 4.69) is 30.5 Å². The lowest BCUT2D eigenvalue weighted by molar-refractivity contribution is -0.131. The van der Waals surface area contributed by atoms with Gasteiger partial charge in [0.25, 0.3) is 15.9 Å². The summed E-state index contributed by atoms with van der Waals surface area (Å²) in [7, 11) is -4.34. The summed E-state index contributed by atoms with van der Waals surface area (Å²) in [6.07, 6.45) is 3.19. The molecule has 4 N–H and O–H groups in total. The molecule has 1 aliphatic heterocycles. The third kappa shape index (κ3) is 5.51. The number of nitrogens with zero attached hydrogens (tertiary/aromatic N) is 3. The number of aliphatic carboxylic acids is 1. The number of carbonyl (C=O) groups excluding carboxylic acids is 1. The minimum Gasteiger partial charge on any atom is -0.478 e. The van der Waals surface area contributed by atoms with Crippen molar-refractivity contribution in [2.45, 2.75) is 63.9 Å². The predicted octanol–water partition coefficient (Wildman–Crippen LogP) is 3.20. The lowest BCUT2D eigenvalue weighted by Gasteiger charge is -2.37. The second-order valence-corrected chi connectivity index (χ2v) is 12.2. The van der Waals surface area contributed by atoms with E-state index >= 15 is 0 Å². The number of amides is 1. The van der Waals surface area contributed by atoms with Crippen molar-refractivity contribution in [2.75, 3.05) is 17.2 Å². The first-order valence-corrected chi connectivity index (χ1v) is 13.1. The topological polar surface area (TPSA) is 156 Å². The van der Waals surface area contributed by atoms with Gasteiger partial charge in [-0.3, -0.25) is 4.79 Å². The van der Waals surface area contributed by atoms with Crippen LogP contribution in [0.3, 0.4) is 0 Å². The Morgan fingerprint density at radius 2 is 1.92 bits per heavy atom. The molecule has 3 rings (SSSR count). The van der Waals surface area contributed by atoms with E-state index in [1.165, 1.54) is 30.3 Å². The monoisotopic (exact) mass is 515 g/mol. The third-order valence-electron chi connectivity index (χ3n) is 6.58. The number of carboxylic acid groups (broad SMARTS) is 1. The van der Waals surface area contributed by atoms with Crippen LogP contribution in [0.5, 0.6) is 0 Å². The van der Waals surface area contributed by atoms with Gasteiger partial charge in [-0.1, -0.05) is 33.8 Å². The third-order valence-corrected chi connectivity index (χ3v) is 7.82. The molecule has 1 amide bonds. The molecule has 194 valence electrons. The summed E-state index contributed by atoms with van der Waals surface area (Å²) < 4.78 is 27.9. The molecule has 0 radical (unpaired) electrons. The van der Waals surface area contributed by atoms with Gasteiger partial charge >= 0.3 is 5.97 Å². The van der Waals surface area contributed by atoms with Crippen molar-refractivity contribution in [3.8, 4) is 0 Å². The maximum absolute atomic E-state index is 13.5. The number of nitrogens with one attached hydrogen (secondary N) is 1. The van der Waals surface area contributed by atoms with Gasteiger partial charge in [0.2, 0.25) is 0 Å². The van der Waals surface area contributed by atoms with E-state index in [0.29, 0.717) is 29.5 Å². The molecule has 1 saturated heterocycles. The highest BCUT2D eigenvalue weighted by Gasteiger charge is 2.41. The van der Waals surface area contributed by atoms with Gasteiger partial charge < -0.3 is 15.7 Å². The lowest BCUT2D eigenvalue weighted by Crippen LogP contribution is -2.44. The molecule has 1 fully saturated rings. The molecule has 2 aromatic rings. The number of nitrogens with two attached hydrogens (primary N) is 1. The number of pyridine rings is 2. The van der Waals surface area contributed by atoms with Gasteiger partial charge in [-0.25, -0.2) is 19.5 Å². The zero-order valence-corrected chi connectivity index (χ0v) is 22.2. The number of carbonyl (C=O) groups is 2. The molecule has 3 heterocycles. The Morgan fingerprint density at radius 1 is 1.25 bits per heavy atom. The molecule has 0 spiro atoms. The van der Waals surface area contributed by atoms with Crippen molar-refractivity contribution in [3.63, 3.8) is 0 Å². The highest BCUT2D eigenvalue weighted by atomic mass is 32.2. The average Bonchev–Trinajstić information content (AvgIpc) is 3.02. The Bertz CT molecular complexity index is 1330. The maximum Gasteiger partial charge on any atom is 0.328 e. The lowest BCUT2D eigenvalue weighted by atomic mass is 9.87. The Labute approximate surface area is 211 Å². The molecule has 0 aromatic carbocycles. The van der Waals surface area contributed by atoms with Gasteiger partial charge in [0.05, 0.1) is 11.3 Å². The zero-order valence-electron chi connectivity index (χ0n) is 21.4. The van der Waals surface area contributed by atoms with Crippen LogP contribution in [0.25, 0.3) is 6.08 Å². The second kappa shape index (κ2) is 9.53. The molecular weight excluding hydrogens is 482 g/mol. The first kappa shape index (κ1) is 27.1. The van der Waals surface area contributed by atoms with Gasteiger partial charge in [0.15, 0.2) is 5.03 Å². The summed E-state index contributed by atoms with van der Waals surface area (Å²) in [4.78, 5) is 35.4. The molecule has 36 heavy (non-hydrogen) atoms. The fourth-order valence-corrected chi connectivity index (χ4v) is 5.14. The van der Waals surface area contributed by atoms with Crippen molar-refractivity contribution in [2.24, 2.45) is 5.92 Å². The fourth-order valence-electron chi connectivity index (χ4n) is 4.20. The number of carboxylic acids is 1. The van der Waals surface area contributed by atoms with E-state index in [9.17, 15) is 23.1 Å². The molecule has 0 bridgehead atoms. The molecule has 10 nitrogen and oxygen atoms in total. The summed E-state index contributed by atoms with van der Waals surface area (Å²) in [5.41, 5.74) is 5.78. The van der Waals surface area contributed by atoms with Crippen LogP contribution in [-0.4, -0.2) is 47.5 Å². The van der Waals surface area contributed by atoms with Crippen LogP contribution in [0.2, 0.25) is 0 Å². The Balaban J connectivity index is 2.21. The molecule has 0 saturated carbocycles. The number of hydrogen-bond donors (Lipinski definition) is 3. The van der Waals surface area contributed by atoms with Crippen LogP contribution in [0.4, 0.5) is 11.6 Å². The zero-order chi connectivity index (χ0) is 27.1. The van der Waals surface area contributed by atoms with Crippen LogP contribution < -0.4 is 15.4 Å². The first-order chi connectivity index (χ1) is 16.5. The van der Waals surface area contributed by atoms with E-state index in [-0.39, 0.29) is 16.9 Å². The normalized spacial score (nSPS) is 17.9. The van der Waals surface area contributed by atoms with Crippen LogP contribution in [0.1, 0.15) is 69.6 Å². The van der Waals surface area contributed by atoms with Crippen molar-refractivity contribution < 1.29 is 23.1 Å². The quantitative estimate of drug-likeness (QED) is 0.492. The van der Waals surface area contributed by atoms with Crippen LogP contribution in [0.15, 0.2) is 35.4 Å². The smallest absolute Gasteiger partial charge is 0.328 e. The molecule has 2 aromatic heterocycles. The summed E-state index contributed by atoms with van der Waals surface area (Å²) in [5.74, 6) is -1.43.